The van der Waals surface area contributed by atoms with Gasteiger partial charge >= 0.3 is 5.15 Å². The van der Waals surface area contributed by atoms with Crippen LogP contribution in [0.5, 0.6) is 0 Å². The Kier molecular flexibility index (Phi) is 4.21. The van der Waals surface area contributed by atoms with E-state index in [0.717, 1.165) is 5.56 Å². The third-order valence-electron chi connectivity index (χ3n) is 3.16. The van der Waals surface area contributed by atoms with Gasteiger partial charge in [-0.15, -0.1) is 0 Å². The molecule has 0 unspecified atom stereocenters. The van der Waals surface area contributed by atoms with E-state index in [1.54, 1.807) is 48.5 Å². The van der Waals surface area contributed by atoms with Gasteiger partial charge < -0.3 is 5.21 Å². The van der Waals surface area contributed by atoms with E-state index in [-0.39, 0.29) is 5.15 Å². The van der Waals surface area contributed by atoms with Crippen LogP contribution in [0.4, 0.5) is 0 Å². The van der Waals surface area contributed by atoms with E-state index in [1.807, 2.05) is 0 Å². The first kappa shape index (κ1) is 15.1. The average Bonchev–Trinajstić information content (AvgIpc) is 2.52. The second-order valence-corrected chi connectivity index (χ2v) is 5.85. The third kappa shape index (κ3) is 2.88. The van der Waals surface area contributed by atoms with Crippen molar-refractivity contribution in [2.75, 3.05) is 0 Å². The fourth-order valence-corrected chi connectivity index (χ4v) is 2.50. The maximum atomic E-state index is 12.4. The zero-order chi connectivity index (χ0) is 15.7. The topological polar surface area (TPSA) is 39.8 Å². The highest BCUT2D eigenvalue weighted by Crippen LogP contribution is 2.30. The molecule has 22 heavy (non-hydrogen) atoms. The highest BCUT2D eigenvalue weighted by atomic mass is 35.5. The number of hydrogen-bond acceptors (Lipinski definition) is 2. The zero-order valence-electron chi connectivity index (χ0n) is 11.1. The first-order valence-corrected chi connectivity index (χ1v) is 7.49. The Hall–Kier alpha value is -1.81. The second kappa shape index (κ2) is 6.13. The molecule has 6 heteroatoms. The summed E-state index contributed by atoms with van der Waals surface area (Å²) in [5.41, 5.74) is 2.35. The largest absolute Gasteiger partial charge is 0.617 e. The zero-order valence-corrected chi connectivity index (χ0v) is 13.4. The molecule has 0 saturated heterocycles. The molecule has 0 bridgehead atoms. The molecule has 110 valence electrons. The van der Waals surface area contributed by atoms with Crippen LogP contribution in [0, 0.1) is 5.21 Å². The molecule has 2 aromatic carbocycles. The first-order valence-electron chi connectivity index (χ1n) is 6.36. The Morgan fingerprint density at radius 3 is 1.82 bits per heavy atom. The third-order valence-corrected chi connectivity index (χ3v) is 3.91. The molecular weight excluding hydrogens is 343 g/mol. The molecule has 3 aromatic rings. The van der Waals surface area contributed by atoms with Gasteiger partial charge in [-0.1, -0.05) is 35.3 Å². The summed E-state index contributed by atoms with van der Waals surface area (Å²) in [6, 6.07) is 14.0. The number of aromatic nitrogens is 2. The first-order chi connectivity index (χ1) is 10.6. The lowest BCUT2D eigenvalue weighted by Crippen LogP contribution is -2.32. The van der Waals surface area contributed by atoms with Crippen LogP contribution in [0.2, 0.25) is 15.2 Å². The molecule has 0 aliphatic rings. The normalized spacial score (nSPS) is 10.7. The Bertz CT molecular complexity index is 818. The van der Waals surface area contributed by atoms with Gasteiger partial charge in [0.1, 0.15) is 11.9 Å². The molecule has 1 heterocycles. The van der Waals surface area contributed by atoms with E-state index in [0.29, 0.717) is 31.7 Å². The van der Waals surface area contributed by atoms with Crippen LogP contribution >= 0.6 is 34.8 Å². The molecule has 3 rings (SSSR count). The number of rotatable bonds is 2. The minimum atomic E-state index is 0.00247. The monoisotopic (exact) mass is 350 g/mol. The van der Waals surface area contributed by atoms with E-state index in [4.69, 9.17) is 34.8 Å². The fourth-order valence-electron chi connectivity index (χ4n) is 2.12. The van der Waals surface area contributed by atoms with Crippen molar-refractivity contribution in [3.05, 3.63) is 75.1 Å². The predicted octanol–water partition coefficient (Wildman–Crippen LogP) is 5.01. The molecule has 0 amide bonds. The summed E-state index contributed by atoms with van der Waals surface area (Å²) in [5.74, 6) is 0. The average molecular weight is 352 g/mol. The summed E-state index contributed by atoms with van der Waals surface area (Å²) in [5, 5.41) is 13.6. The molecule has 0 aliphatic carbocycles. The van der Waals surface area contributed by atoms with Gasteiger partial charge in [-0.2, -0.15) is 4.73 Å². The van der Waals surface area contributed by atoms with Gasteiger partial charge in [0.2, 0.25) is 0 Å². The van der Waals surface area contributed by atoms with Crippen molar-refractivity contribution in [3.63, 3.8) is 0 Å². The van der Waals surface area contributed by atoms with E-state index < -0.39 is 0 Å². The van der Waals surface area contributed by atoms with E-state index in [9.17, 15) is 5.21 Å². The van der Waals surface area contributed by atoms with Crippen molar-refractivity contribution >= 4 is 34.8 Å². The summed E-state index contributed by atoms with van der Waals surface area (Å²) in [7, 11) is 0. The van der Waals surface area contributed by atoms with Crippen molar-refractivity contribution in [3.8, 4) is 22.5 Å². The van der Waals surface area contributed by atoms with Crippen molar-refractivity contribution < 1.29 is 4.73 Å². The summed E-state index contributed by atoms with van der Waals surface area (Å²) < 4.78 is 0.654. The lowest BCUT2D eigenvalue weighted by molar-refractivity contribution is -0.591. The number of hydrogen-bond donors (Lipinski definition) is 0. The molecule has 0 radical (unpaired) electrons. The van der Waals surface area contributed by atoms with Gasteiger partial charge in [0, 0.05) is 21.2 Å². The minimum absolute atomic E-state index is 0.00247. The van der Waals surface area contributed by atoms with E-state index in [1.165, 1.54) is 6.20 Å². The summed E-state index contributed by atoms with van der Waals surface area (Å²) in [6.07, 6.45) is 1.33. The van der Waals surface area contributed by atoms with Crippen molar-refractivity contribution in [1.82, 2.24) is 4.98 Å². The van der Waals surface area contributed by atoms with Crippen molar-refractivity contribution in [2.24, 2.45) is 0 Å². The molecule has 0 fully saturated rings. The second-order valence-electron chi connectivity index (χ2n) is 4.59. The number of halogens is 3. The molecular formula is C16H9Cl3N2O. The van der Waals surface area contributed by atoms with Crippen LogP contribution in [0.25, 0.3) is 22.5 Å². The van der Waals surface area contributed by atoms with E-state index >= 15 is 0 Å². The van der Waals surface area contributed by atoms with Gasteiger partial charge in [-0.3, -0.25) is 0 Å². The number of benzene rings is 2. The van der Waals surface area contributed by atoms with Crippen LogP contribution in [-0.2, 0) is 0 Å². The van der Waals surface area contributed by atoms with Crippen LogP contribution < -0.4 is 4.73 Å². The Labute approximate surface area is 142 Å². The van der Waals surface area contributed by atoms with Gasteiger partial charge in [-0.25, -0.2) is 4.98 Å². The smallest absolute Gasteiger partial charge is 0.305 e. The van der Waals surface area contributed by atoms with Crippen LogP contribution in [0.1, 0.15) is 0 Å². The van der Waals surface area contributed by atoms with E-state index in [2.05, 4.69) is 4.98 Å². The highest BCUT2D eigenvalue weighted by Gasteiger charge is 2.21. The molecule has 1 aromatic heterocycles. The number of nitrogens with zero attached hydrogens (tertiary/aromatic N) is 2. The van der Waals surface area contributed by atoms with Gasteiger partial charge in [0.15, 0.2) is 0 Å². The molecule has 3 nitrogen and oxygen atoms in total. The quantitative estimate of drug-likeness (QED) is 0.481. The van der Waals surface area contributed by atoms with Crippen LogP contribution in [0.3, 0.4) is 0 Å². The SMILES string of the molecule is [O-][n+]1c(Cl)cnc(-c2ccc(Cl)cc2)c1-c1ccc(Cl)cc1. The Morgan fingerprint density at radius 1 is 0.773 bits per heavy atom. The molecule has 0 spiro atoms. The molecule has 0 N–H and O–H groups in total. The van der Waals surface area contributed by atoms with Gasteiger partial charge in [0.25, 0.3) is 5.69 Å². The van der Waals surface area contributed by atoms with Gasteiger partial charge in [-0.05, 0) is 48.0 Å². The fraction of sp³-hybridized carbons (Fsp3) is 0. The predicted molar refractivity (Wildman–Crippen MR) is 89.1 cm³/mol. The lowest BCUT2D eigenvalue weighted by Gasteiger charge is -2.10. The lowest BCUT2D eigenvalue weighted by atomic mass is 10.0. The van der Waals surface area contributed by atoms with Crippen LogP contribution in [0.15, 0.2) is 54.7 Å². The summed E-state index contributed by atoms with van der Waals surface area (Å²) >= 11 is 17.7. The Morgan fingerprint density at radius 2 is 1.27 bits per heavy atom. The molecule has 0 aliphatic heterocycles. The Balaban J connectivity index is 2.25. The summed E-state index contributed by atoms with van der Waals surface area (Å²) in [6.45, 7) is 0. The molecule has 0 saturated carbocycles. The maximum Gasteiger partial charge on any atom is 0.305 e. The highest BCUT2D eigenvalue weighted by molar-refractivity contribution is 6.31. The van der Waals surface area contributed by atoms with Crippen molar-refractivity contribution in [2.45, 2.75) is 0 Å². The summed E-state index contributed by atoms with van der Waals surface area (Å²) in [4.78, 5) is 4.31. The molecule has 0 atom stereocenters. The minimum Gasteiger partial charge on any atom is -0.617 e. The van der Waals surface area contributed by atoms with Crippen LogP contribution in [-0.4, -0.2) is 4.98 Å². The maximum absolute atomic E-state index is 12.4. The van der Waals surface area contributed by atoms with Gasteiger partial charge in [0.05, 0.1) is 0 Å². The van der Waals surface area contributed by atoms with Crippen molar-refractivity contribution in [1.29, 1.82) is 0 Å². The standard InChI is InChI=1S/C16H9Cl3N2O/c17-12-5-1-10(2-6-12)15-16(21(22)14(19)9-20-15)11-3-7-13(18)8-4-11/h1-9H.